The summed E-state index contributed by atoms with van der Waals surface area (Å²) in [5, 5.41) is 3.58. The van der Waals surface area contributed by atoms with E-state index in [1.165, 1.54) is 43.4 Å². The van der Waals surface area contributed by atoms with E-state index in [-0.39, 0.29) is 0 Å². The van der Waals surface area contributed by atoms with E-state index in [9.17, 15) is 0 Å². The van der Waals surface area contributed by atoms with Gasteiger partial charge < -0.3 is 5.32 Å². The number of nitrogens with zero attached hydrogens (tertiary/aromatic N) is 1. The second-order valence-electron chi connectivity index (χ2n) is 6.79. The van der Waals surface area contributed by atoms with Crippen molar-refractivity contribution in [1.29, 1.82) is 0 Å². The van der Waals surface area contributed by atoms with Crippen LogP contribution in [0.25, 0.3) is 0 Å². The van der Waals surface area contributed by atoms with Gasteiger partial charge in [-0.05, 0) is 43.0 Å². The van der Waals surface area contributed by atoms with E-state index in [4.69, 9.17) is 0 Å². The quantitative estimate of drug-likeness (QED) is 0.771. The largest absolute Gasteiger partial charge is 0.312 e. The van der Waals surface area contributed by atoms with Gasteiger partial charge in [0.1, 0.15) is 0 Å². The fourth-order valence-electron chi connectivity index (χ4n) is 3.37. The summed E-state index contributed by atoms with van der Waals surface area (Å²) >= 11 is 0. The van der Waals surface area contributed by atoms with Crippen molar-refractivity contribution in [3.05, 3.63) is 35.4 Å². The summed E-state index contributed by atoms with van der Waals surface area (Å²) in [6, 6.07) is 9.76. The van der Waals surface area contributed by atoms with Gasteiger partial charge in [0.25, 0.3) is 0 Å². The van der Waals surface area contributed by atoms with Crippen LogP contribution in [0, 0.1) is 5.92 Å². The Morgan fingerprint density at radius 3 is 2.43 bits per heavy atom. The van der Waals surface area contributed by atoms with Crippen molar-refractivity contribution in [2.24, 2.45) is 5.92 Å². The third kappa shape index (κ3) is 5.12. The molecule has 1 fully saturated rings. The lowest BCUT2D eigenvalue weighted by Crippen LogP contribution is -2.33. The van der Waals surface area contributed by atoms with E-state index in [1.807, 2.05) is 0 Å². The Morgan fingerprint density at radius 1 is 1.14 bits per heavy atom. The van der Waals surface area contributed by atoms with Gasteiger partial charge in [-0.1, -0.05) is 57.9 Å². The van der Waals surface area contributed by atoms with Crippen LogP contribution in [-0.4, -0.2) is 24.0 Å². The fourth-order valence-corrected chi connectivity index (χ4v) is 3.37. The first-order valence-corrected chi connectivity index (χ1v) is 8.72. The van der Waals surface area contributed by atoms with Crippen LogP contribution in [0.4, 0.5) is 0 Å². The Morgan fingerprint density at radius 2 is 1.81 bits per heavy atom. The fraction of sp³-hybridized carbons (Fsp3) is 0.684. The molecule has 0 radical (unpaired) electrons. The molecule has 0 unspecified atom stereocenters. The van der Waals surface area contributed by atoms with Gasteiger partial charge in [0, 0.05) is 19.1 Å². The smallest absolute Gasteiger partial charge is 0.0239 e. The molecule has 0 atom stereocenters. The maximum Gasteiger partial charge on any atom is 0.0239 e. The monoisotopic (exact) mass is 288 g/mol. The molecule has 1 aromatic rings. The van der Waals surface area contributed by atoms with Crippen molar-refractivity contribution in [3.63, 3.8) is 0 Å². The molecule has 2 nitrogen and oxygen atoms in total. The van der Waals surface area contributed by atoms with Crippen molar-refractivity contribution in [1.82, 2.24) is 10.2 Å². The number of hydrogen-bond acceptors (Lipinski definition) is 2. The average molecular weight is 288 g/mol. The highest BCUT2D eigenvalue weighted by molar-refractivity contribution is 5.27. The second kappa shape index (κ2) is 8.55. The van der Waals surface area contributed by atoms with E-state index in [0.29, 0.717) is 5.92 Å². The zero-order valence-corrected chi connectivity index (χ0v) is 14.1. The molecular formula is C19H32N2. The van der Waals surface area contributed by atoms with Crippen LogP contribution in [0.3, 0.4) is 0 Å². The predicted molar refractivity (Wildman–Crippen MR) is 91.3 cm³/mol. The SMILES string of the molecule is CCN(Cc1ccccc1CNCC(C)C)C1CCCC1. The minimum Gasteiger partial charge on any atom is -0.312 e. The maximum absolute atomic E-state index is 3.58. The van der Waals surface area contributed by atoms with Gasteiger partial charge in [0.2, 0.25) is 0 Å². The Labute approximate surface area is 130 Å². The first kappa shape index (κ1) is 16.5. The number of benzene rings is 1. The van der Waals surface area contributed by atoms with E-state index >= 15 is 0 Å². The molecule has 118 valence electrons. The Kier molecular flexibility index (Phi) is 6.72. The minimum atomic E-state index is 0.711. The van der Waals surface area contributed by atoms with E-state index in [1.54, 1.807) is 0 Å². The third-order valence-corrected chi connectivity index (χ3v) is 4.61. The summed E-state index contributed by atoms with van der Waals surface area (Å²) in [6.07, 6.45) is 5.61. The van der Waals surface area contributed by atoms with E-state index in [0.717, 1.165) is 25.7 Å². The molecule has 0 spiro atoms. The molecule has 2 heteroatoms. The second-order valence-corrected chi connectivity index (χ2v) is 6.79. The molecule has 0 bridgehead atoms. The van der Waals surface area contributed by atoms with Crippen molar-refractivity contribution in [3.8, 4) is 0 Å². The molecule has 0 heterocycles. The number of nitrogens with one attached hydrogen (secondary N) is 1. The summed E-state index contributed by atoms with van der Waals surface area (Å²) in [4.78, 5) is 2.67. The van der Waals surface area contributed by atoms with Gasteiger partial charge in [-0.3, -0.25) is 4.90 Å². The van der Waals surface area contributed by atoms with Crippen LogP contribution in [-0.2, 0) is 13.1 Å². The summed E-state index contributed by atoms with van der Waals surface area (Å²) in [5.74, 6) is 0.711. The zero-order valence-electron chi connectivity index (χ0n) is 14.1. The Hall–Kier alpha value is -0.860. The summed E-state index contributed by atoms with van der Waals surface area (Å²) in [7, 11) is 0. The molecule has 1 aromatic carbocycles. The van der Waals surface area contributed by atoms with Gasteiger partial charge in [-0.2, -0.15) is 0 Å². The van der Waals surface area contributed by atoms with Gasteiger partial charge >= 0.3 is 0 Å². The normalized spacial score (nSPS) is 16.2. The molecule has 0 amide bonds. The molecule has 0 saturated heterocycles. The van der Waals surface area contributed by atoms with Crippen LogP contribution in [0.5, 0.6) is 0 Å². The summed E-state index contributed by atoms with van der Waals surface area (Å²) in [5.41, 5.74) is 2.97. The minimum absolute atomic E-state index is 0.711. The summed E-state index contributed by atoms with van der Waals surface area (Å²) < 4.78 is 0. The first-order chi connectivity index (χ1) is 10.2. The average Bonchev–Trinajstić information content (AvgIpc) is 3.00. The van der Waals surface area contributed by atoms with Crippen LogP contribution >= 0.6 is 0 Å². The van der Waals surface area contributed by atoms with Crippen LogP contribution in [0.2, 0.25) is 0 Å². The third-order valence-electron chi connectivity index (χ3n) is 4.61. The van der Waals surface area contributed by atoms with Crippen LogP contribution < -0.4 is 5.32 Å². The lowest BCUT2D eigenvalue weighted by atomic mass is 10.1. The molecule has 1 aliphatic rings. The highest BCUT2D eigenvalue weighted by atomic mass is 15.1. The Bertz CT molecular complexity index is 408. The highest BCUT2D eigenvalue weighted by Gasteiger charge is 2.21. The van der Waals surface area contributed by atoms with E-state index < -0.39 is 0 Å². The molecule has 1 N–H and O–H groups in total. The first-order valence-electron chi connectivity index (χ1n) is 8.72. The van der Waals surface area contributed by atoms with Crippen LogP contribution in [0.15, 0.2) is 24.3 Å². The maximum atomic E-state index is 3.58. The molecule has 0 aromatic heterocycles. The van der Waals surface area contributed by atoms with Gasteiger partial charge in [0.15, 0.2) is 0 Å². The standard InChI is InChI=1S/C19H32N2/c1-4-21(19-11-7-8-12-19)15-18-10-6-5-9-17(18)14-20-13-16(2)3/h5-6,9-10,16,19-20H,4,7-8,11-15H2,1-3H3. The van der Waals surface area contributed by atoms with Crippen molar-refractivity contribution in [2.45, 2.75) is 65.6 Å². The lowest BCUT2D eigenvalue weighted by Gasteiger charge is -2.28. The molecule has 0 aliphatic heterocycles. The molecule has 1 aliphatic carbocycles. The lowest BCUT2D eigenvalue weighted by molar-refractivity contribution is 0.199. The molecule has 2 rings (SSSR count). The molecule has 21 heavy (non-hydrogen) atoms. The van der Waals surface area contributed by atoms with Gasteiger partial charge in [-0.25, -0.2) is 0 Å². The number of rotatable bonds is 8. The van der Waals surface area contributed by atoms with Crippen molar-refractivity contribution < 1.29 is 0 Å². The number of hydrogen-bond donors (Lipinski definition) is 1. The van der Waals surface area contributed by atoms with E-state index in [2.05, 4.69) is 55.3 Å². The Balaban J connectivity index is 1.97. The zero-order chi connectivity index (χ0) is 15.1. The molecule has 1 saturated carbocycles. The van der Waals surface area contributed by atoms with Gasteiger partial charge in [0.05, 0.1) is 0 Å². The summed E-state index contributed by atoms with van der Waals surface area (Å²) in [6.45, 7) is 11.2. The topological polar surface area (TPSA) is 15.3 Å². The van der Waals surface area contributed by atoms with Gasteiger partial charge in [-0.15, -0.1) is 0 Å². The molecular weight excluding hydrogens is 256 g/mol. The van der Waals surface area contributed by atoms with Crippen molar-refractivity contribution in [2.75, 3.05) is 13.1 Å². The predicted octanol–water partition coefficient (Wildman–Crippen LogP) is 4.20. The van der Waals surface area contributed by atoms with Crippen LogP contribution in [0.1, 0.15) is 57.6 Å². The van der Waals surface area contributed by atoms with Crippen molar-refractivity contribution >= 4 is 0 Å². The highest BCUT2D eigenvalue weighted by Crippen LogP contribution is 2.25.